The lowest BCUT2D eigenvalue weighted by Crippen LogP contribution is -2.24. The molecule has 0 saturated carbocycles. The van der Waals surface area contributed by atoms with Crippen LogP contribution in [-0.4, -0.2) is 30.9 Å². The van der Waals surface area contributed by atoms with Crippen molar-refractivity contribution in [3.63, 3.8) is 0 Å². The zero-order valence-electron chi connectivity index (χ0n) is 15.1. The smallest absolute Gasteiger partial charge is 0.277 e. The van der Waals surface area contributed by atoms with Gasteiger partial charge in [0.05, 0.1) is 13.3 Å². The minimum atomic E-state index is -0.390. The summed E-state index contributed by atoms with van der Waals surface area (Å²) in [5.74, 6) is 0.873. The van der Waals surface area contributed by atoms with E-state index < -0.39 is 5.91 Å². The molecular weight excluding hydrogens is 332 g/mol. The lowest BCUT2D eigenvalue weighted by atomic mass is 10.1. The fourth-order valence-electron chi connectivity index (χ4n) is 2.25. The summed E-state index contributed by atoms with van der Waals surface area (Å²) in [6, 6.07) is 12.5. The molecule has 1 amide bonds. The highest BCUT2D eigenvalue weighted by atomic mass is 16.5. The molecule has 26 heavy (non-hydrogen) atoms. The molecule has 0 fully saturated rings. The van der Waals surface area contributed by atoms with E-state index in [1.807, 2.05) is 24.3 Å². The van der Waals surface area contributed by atoms with Crippen LogP contribution in [0.15, 0.2) is 47.6 Å². The third-order valence-electron chi connectivity index (χ3n) is 3.74. The highest BCUT2D eigenvalue weighted by Gasteiger charge is 2.03. The van der Waals surface area contributed by atoms with E-state index in [2.05, 4.69) is 17.5 Å². The summed E-state index contributed by atoms with van der Waals surface area (Å²) >= 11 is 0. The highest BCUT2D eigenvalue weighted by Crippen LogP contribution is 2.21. The first-order valence-electron chi connectivity index (χ1n) is 8.53. The van der Waals surface area contributed by atoms with Crippen molar-refractivity contribution >= 4 is 12.1 Å². The number of methoxy groups -OCH3 is 1. The molecule has 0 unspecified atom stereocenters. The average Bonchev–Trinajstić information content (AvgIpc) is 2.67. The molecule has 2 rings (SSSR count). The number of nitrogens with one attached hydrogen (secondary N) is 1. The van der Waals surface area contributed by atoms with Gasteiger partial charge in [0.15, 0.2) is 6.61 Å². The van der Waals surface area contributed by atoms with Gasteiger partial charge in [-0.2, -0.15) is 5.10 Å². The van der Waals surface area contributed by atoms with Crippen molar-refractivity contribution in [3.05, 3.63) is 53.6 Å². The third kappa shape index (κ3) is 6.12. The Morgan fingerprint density at radius 3 is 2.62 bits per heavy atom. The summed E-state index contributed by atoms with van der Waals surface area (Å²) in [4.78, 5) is 11.8. The van der Waals surface area contributed by atoms with E-state index >= 15 is 0 Å². The molecule has 6 nitrogen and oxygen atoms in total. The summed E-state index contributed by atoms with van der Waals surface area (Å²) < 4.78 is 10.5. The fourth-order valence-corrected chi connectivity index (χ4v) is 2.25. The zero-order chi connectivity index (χ0) is 18.8. The SMILES string of the molecule is CCCCc1ccc(OCC(=O)N/N=C\c2cc(OC)ccc2O)cc1. The second-order valence-corrected chi connectivity index (χ2v) is 5.75. The van der Waals surface area contributed by atoms with E-state index in [1.165, 1.54) is 25.0 Å². The van der Waals surface area contributed by atoms with E-state index in [4.69, 9.17) is 9.47 Å². The summed E-state index contributed by atoms with van der Waals surface area (Å²) in [6.07, 6.45) is 4.71. The molecule has 0 saturated heterocycles. The van der Waals surface area contributed by atoms with Crippen LogP contribution < -0.4 is 14.9 Å². The third-order valence-corrected chi connectivity index (χ3v) is 3.74. The topological polar surface area (TPSA) is 80.2 Å². The number of hydrogen-bond donors (Lipinski definition) is 2. The van der Waals surface area contributed by atoms with Crippen LogP contribution in [0.5, 0.6) is 17.2 Å². The van der Waals surface area contributed by atoms with Gasteiger partial charge >= 0.3 is 0 Å². The summed E-state index contributed by atoms with van der Waals surface area (Å²) in [7, 11) is 1.53. The van der Waals surface area contributed by atoms with Crippen molar-refractivity contribution in [2.45, 2.75) is 26.2 Å². The highest BCUT2D eigenvalue weighted by molar-refractivity contribution is 5.85. The van der Waals surface area contributed by atoms with Crippen LogP contribution in [0.2, 0.25) is 0 Å². The molecule has 0 heterocycles. The Morgan fingerprint density at radius 1 is 1.19 bits per heavy atom. The molecule has 0 bridgehead atoms. The van der Waals surface area contributed by atoms with Gasteiger partial charge in [-0.3, -0.25) is 4.79 Å². The molecule has 0 radical (unpaired) electrons. The Balaban J connectivity index is 1.80. The molecule has 0 spiro atoms. The van der Waals surface area contributed by atoms with Crippen LogP contribution >= 0.6 is 0 Å². The number of hydrazone groups is 1. The van der Waals surface area contributed by atoms with Gasteiger partial charge < -0.3 is 14.6 Å². The van der Waals surface area contributed by atoms with Gasteiger partial charge in [-0.1, -0.05) is 25.5 Å². The summed E-state index contributed by atoms with van der Waals surface area (Å²) in [5, 5.41) is 13.6. The Kier molecular flexibility index (Phi) is 7.49. The Morgan fingerprint density at radius 2 is 1.92 bits per heavy atom. The van der Waals surface area contributed by atoms with E-state index in [0.29, 0.717) is 17.1 Å². The second kappa shape index (κ2) is 10.1. The van der Waals surface area contributed by atoms with Crippen LogP contribution in [0.1, 0.15) is 30.9 Å². The van der Waals surface area contributed by atoms with Gasteiger partial charge in [0.2, 0.25) is 0 Å². The molecule has 0 atom stereocenters. The maximum Gasteiger partial charge on any atom is 0.277 e. The maximum absolute atomic E-state index is 11.8. The van der Waals surface area contributed by atoms with Gasteiger partial charge in [0.25, 0.3) is 5.91 Å². The van der Waals surface area contributed by atoms with Crippen molar-refractivity contribution in [2.24, 2.45) is 5.10 Å². The number of ether oxygens (including phenoxy) is 2. The van der Waals surface area contributed by atoms with E-state index in [-0.39, 0.29) is 12.4 Å². The fraction of sp³-hybridized carbons (Fsp3) is 0.300. The van der Waals surface area contributed by atoms with Gasteiger partial charge in [-0.05, 0) is 48.7 Å². The first kappa shape index (κ1) is 19.3. The molecule has 138 valence electrons. The first-order chi connectivity index (χ1) is 12.6. The summed E-state index contributed by atoms with van der Waals surface area (Å²) in [5.41, 5.74) is 4.05. The molecule has 0 aromatic heterocycles. The maximum atomic E-state index is 11.8. The second-order valence-electron chi connectivity index (χ2n) is 5.75. The Hall–Kier alpha value is -3.02. The number of amides is 1. The molecule has 0 aliphatic carbocycles. The number of carbonyl (C=O) groups is 1. The van der Waals surface area contributed by atoms with Crippen molar-refractivity contribution in [1.29, 1.82) is 0 Å². The predicted molar refractivity (Wildman–Crippen MR) is 101 cm³/mol. The average molecular weight is 356 g/mol. The van der Waals surface area contributed by atoms with Crippen molar-refractivity contribution in [2.75, 3.05) is 13.7 Å². The van der Waals surface area contributed by atoms with Gasteiger partial charge in [-0.25, -0.2) is 5.43 Å². The number of hydrogen-bond acceptors (Lipinski definition) is 5. The van der Waals surface area contributed by atoms with Crippen LogP contribution in [-0.2, 0) is 11.2 Å². The van der Waals surface area contributed by atoms with E-state index in [0.717, 1.165) is 19.3 Å². The van der Waals surface area contributed by atoms with Gasteiger partial charge in [0, 0.05) is 5.56 Å². The number of aromatic hydroxyl groups is 1. The zero-order valence-corrected chi connectivity index (χ0v) is 15.1. The summed E-state index contributed by atoms with van der Waals surface area (Å²) in [6.45, 7) is 2.02. The predicted octanol–water partition coefficient (Wildman–Crippen LogP) is 3.27. The normalized spacial score (nSPS) is 10.7. The Bertz CT molecular complexity index is 742. The molecule has 0 aliphatic rings. The molecule has 2 aromatic carbocycles. The number of phenolic OH excluding ortho intramolecular Hbond substituents is 1. The largest absolute Gasteiger partial charge is 0.507 e. The number of phenols is 1. The molecule has 2 N–H and O–H groups in total. The van der Waals surface area contributed by atoms with E-state index in [9.17, 15) is 9.90 Å². The first-order valence-corrected chi connectivity index (χ1v) is 8.53. The van der Waals surface area contributed by atoms with Crippen molar-refractivity contribution in [3.8, 4) is 17.2 Å². The molecule has 0 aliphatic heterocycles. The van der Waals surface area contributed by atoms with Crippen LogP contribution in [0.3, 0.4) is 0 Å². The molecule has 6 heteroatoms. The van der Waals surface area contributed by atoms with Gasteiger partial charge in [0.1, 0.15) is 17.2 Å². The van der Waals surface area contributed by atoms with E-state index in [1.54, 1.807) is 12.1 Å². The Labute approximate surface area is 153 Å². The standard InChI is InChI=1S/C20H24N2O4/c1-3-4-5-15-6-8-17(9-7-15)26-14-20(24)22-21-13-16-12-18(25-2)10-11-19(16)23/h6-13,23H,3-5,14H2,1-2H3,(H,22,24)/b21-13-. The molecule has 2 aromatic rings. The lowest BCUT2D eigenvalue weighted by molar-refractivity contribution is -0.123. The quantitative estimate of drug-likeness (QED) is 0.534. The number of unbranched alkanes of at least 4 members (excludes halogenated alkanes) is 1. The number of aryl methyl sites for hydroxylation is 1. The number of carbonyl (C=O) groups excluding carboxylic acids is 1. The number of nitrogens with zero attached hydrogens (tertiary/aromatic N) is 1. The number of rotatable bonds is 9. The van der Waals surface area contributed by atoms with Gasteiger partial charge in [-0.15, -0.1) is 0 Å². The monoisotopic (exact) mass is 356 g/mol. The van der Waals surface area contributed by atoms with Crippen LogP contribution in [0.4, 0.5) is 0 Å². The minimum absolute atomic E-state index is 0.0446. The molecular formula is C20H24N2O4. The van der Waals surface area contributed by atoms with Crippen LogP contribution in [0, 0.1) is 0 Å². The lowest BCUT2D eigenvalue weighted by Gasteiger charge is -2.06. The minimum Gasteiger partial charge on any atom is -0.507 e. The van der Waals surface area contributed by atoms with Crippen molar-refractivity contribution in [1.82, 2.24) is 5.43 Å². The van der Waals surface area contributed by atoms with Crippen molar-refractivity contribution < 1.29 is 19.4 Å². The van der Waals surface area contributed by atoms with Crippen LogP contribution in [0.25, 0.3) is 0 Å². The number of benzene rings is 2.